The molecule has 3 nitrogen and oxygen atoms in total. The fraction of sp³-hybridized carbons (Fsp3) is 0.667. The second-order valence-electron chi connectivity index (χ2n) is 5.80. The normalized spacial score (nSPS) is 28.3. The third-order valence-corrected chi connectivity index (χ3v) is 4.05. The molecule has 2 rings (SSSR count). The summed E-state index contributed by atoms with van der Waals surface area (Å²) in [6.45, 7) is 7.27. The number of hydrogen-bond acceptors (Lipinski definition) is 3. The summed E-state index contributed by atoms with van der Waals surface area (Å²) in [6, 6.07) is 4.12. The highest BCUT2D eigenvalue weighted by atomic mass is 16.3. The van der Waals surface area contributed by atoms with Gasteiger partial charge in [-0.15, -0.1) is 0 Å². The summed E-state index contributed by atoms with van der Waals surface area (Å²) in [7, 11) is 0. The van der Waals surface area contributed by atoms with Crippen LogP contribution in [0.5, 0.6) is 5.75 Å². The molecule has 100 valence electrons. The predicted molar refractivity (Wildman–Crippen MR) is 73.4 cm³/mol. The first-order chi connectivity index (χ1) is 8.56. The van der Waals surface area contributed by atoms with Crippen LogP contribution in [0.15, 0.2) is 12.1 Å². The molecule has 3 heteroatoms. The Hall–Kier alpha value is -1.09. The van der Waals surface area contributed by atoms with Gasteiger partial charge in [0.2, 0.25) is 0 Å². The van der Waals surface area contributed by atoms with Crippen LogP contribution in [0.25, 0.3) is 0 Å². The maximum Gasteiger partial charge on any atom is 0.138 e. The molecule has 0 aliphatic heterocycles. The van der Waals surface area contributed by atoms with Crippen molar-refractivity contribution in [1.82, 2.24) is 10.3 Å². The van der Waals surface area contributed by atoms with Crippen molar-refractivity contribution >= 4 is 0 Å². The van der Waals surface area contributed by atoms with Crippen LogP contribution >= 0.6 is 0 Å². The van der Waals surface area contributed by atoms with E-state index in [4.69, 9.17) is 0 Å². The molecule has 1 fully saturated rings. The average Bonchev–Trinajstić information content (AvgIpc) is 2.32. The van der Waals surface area contributed by atoms with Crippen molar-refractivity contribution in [2.24, 2.45) is 11.8 Å². The Morgan fingerprint density at radius 2 is 2.11 bits per heavy atom. The molecular formula is C15H24N2O. The van der Waals surface area contributed by atoms with Crippen LogP contribution in [0.4, 0.5) is 0 Å². The Bertz CT molecular complexity index is 405. The highest BCUT2D eigenvalue weighted by Crippen LogP contribution is 2.29. The molecule has 0 saturated heterocycles. The number of aromatic hydroxyl groups is 1. The molecule has 1 aliphatic carbocycles. The van der Waals surface area contributed by atoms with Gasteiger partial charge in [-0.2, -0.15) is 0 Å². The number of nitrogens with zero attached hydrogens (tertiary/aromatic N) is 1. The van der Waals surface area contributed by atoms with E-state index < -0.39 is 0 Å². The zero-order valence-corrected chi connectivity index (χ0v) is 11.6. The maximum absolute atomic E-state index is 9.77. The lowest BCUT2D eigenvalue weighted by molar-refractivity contribution is 0.226. The van der Waals surface area contributed by atoms with Crippen molar-refractivity contribution in [2.75, 3.05) is 0 Å². The third kappa shape index (κ3) is 3.22. The quantitative estimate of drug-likeness (QED) is 0.864. The van der Waals surface area contributed by atoms with Crippen LogP contribution in [0.2, 0.25) is 0 Å². The van der Waals surface area contributed by atoms with Crippen LogP contribution < -0.4 is 5.32 Å². The molecule has 1 aliphatic rings. The topological polar surface area (TPSA) is 45.1 Å². The largest absolute Gasteiger partial charge is 0.506 e. The van der Waals surface area contributed by atoms with E-state index in [1.807, 2.05) is 13.0 Å². The van der Waals surface area contributed by atoms with Crippen molar-refractivity contribution in [1.29, 1.82) is 0 Å². The molecule has 1 saturated carbocycles. The van der Waals surface area contributed by atoms with Gasteiger partial charge >= 0.3 is 0 Å². The molecule has 1 heterocycles. The van der Waals surface area contributed by atoms with Crippen LogP contribution in [-0.4, -0.2) is 16.1 Å². The number of rotatable bonds is 3. The van der Waals surface area contributed by atoms with Gasteiger partial charge in [-0.25, -0.2) is 0 Å². The summed E-state index contributed by atoms with van der Waals surface area (Å²) in [4.78, 5) is 4.38. The smallest absolute Gasteiger partial charge is 0.138 e. The maximum atomic E-state index is 9.77. The Balaban J connectivity index is 1.93. The summed E-state index contributed by atoms with van der Waals surface area (Å²) >= 11 is 0. The van der Waals surface area contributed by atoms with Gasteiger partial charge in [0.05, 0.1) is 5.69 Å². The molecule has 3 atom stereocenters. The lowest BCUT2D eigenvalue weighted by Crippen LogP contribution is -2.38. The van der Waals surface area contributed by atoms with Crippen molar-refractivity contribution in [3.05, 3.63) is 23.5 Å². The highest BCUT2D eigenvalue weighted by molar-refractivity contribution is 5.27. The van der Waals surface area contributed by atoms with E-state index in [0.29, 0.717) is 24.3 Å². The van der Waals surface area contributed by atoms with Crippen LogP contribution in [0, 0.1) is 18.8 Å². The fourth-order valence-corrected chi connectivity index (χ4v) is 2.93. The van der Waals surface area contributed by atoms with Gasteiger partial charge in [0.15, 0.2) is 0 Å². The average molecular weight is 248 g/mol. The summed E-state index contributed by atoms with van der Waals surface area (Å²) < 4.78 is 0. The molecule has 0 amide bonds. The van der Waals surface area contributed by atoms with Crippen molar-refractivity contribution in [3.8, 4) is 5.75 Å². The lowest BCUT2D eigenvalue weighted by Gasteiger charge is -2.33. The summed E-state index contributed by atoms with van der Waals surface area (Å²) in [5.41, 5.74) is 1.72. The first-order valence-electron chi connectivity index (χ1n) is 6.95. The first kappa shape index (κ1) is 13.3. The number of aryl methyl sites for hydroxylation is 1. The molecule has 0 aromatic carbocycles. The third-order valence-electron chi connectivity index (χ3n) is 4.05. The highest BCUT2D eigenvalue weighted by Gasteiger charge is 2.24. The van der Waals surface area contributed by atoms with Crippen molar-refractivity contribution in [3.63, 3.8) is 0 Å². The zero-order chi connectivity index (χ0) is 13.1. The van der Waals surface area contributed by atoms with Gasteiger partial charge in [0.25, 0.3) is 0 Å². The molecule has 3 unspecified atom stereocenters. The molecule has 0 radical (unpaired) electrons. The molecule has 18 heavy (non-hydrogen) atoms. The second-order valence-corrected chi connectivity index (χ2v) is 5.80. The molecule has 0 spiro atoms. The van der Waals surface area contributed by atoms with Crippen molar-refractivity contribution in [2.45, 2.75) is 52.6 Å². The standard InChI is InChI=1S/C15H24N2O/c1-10-4-6-13(11(2)8-10)16-9-14-15(18)7-5-12(3)17-14/h5,7,10-11,13,16,18H,4,6,8-9H2,1-3H3. The summed E-state index contributed by atoms with van der Waals surface area (Å²) in [5, 5.41) is 13.3. The zero-order valence-electron chi connectivity index (χ0n) is 11.6. The summed E-state index contributed by atoms with van der Waals surface area (Å²) in [6.07, 6.45) is 3.83. The molecular weight excluding hydrogens is 224 g/mol. The second kappa shape index (κ2) is 5.70. The van der Waals surface area contributed by atoms with E-state index in [-0.39, 0.29) is 0 Å². The van der Waals surface area contributed by atoms with E-state index in [1.54, 1.807) is 6.07 Å². The van der Waals surface area contributed by atoms with Crippen LogP contribution in [-0.2, 0) is 6.54 Å². The Morgan fingerprint density at radius 1 is 1.33 bits per heavy atom. The van der Waals surface area contributed by atoms with Crippen molar-refractivity contribution < 1.29 is 5.11 Å². The van der Waals surface area contributed by atoms with Crippen LogP contribution in [0.1, 0.15) is 44.5 Å². The number of aromatic nitrogens is 1. The van der Waals surface area contributed by atoms with Gasteiger partial charge in [-0.05, 0) is 50.2 Å². The first-order valence-corrected chi connectivity index (χ1v) is 6.95. The molecule has 1 aromatic rings. The number of nitrogens with one attached hydrogen (secondary N) is 1. The Labute approximate surface area is 110 Å². The monoisotopic (exact) mass is 248 g/mol. The van der Waals surface area contributed by atoms with Crippen LogP contribution in [0.3, 0.4) is 0 Å². The van der Waals surface area contributed by atoms with E-state index in [0.717, 1.165) is 17.3 Å². The van der Waals surface area contributed by atoms with Gasteiger partial charge < -0.3 is 10.4 Å². The lowest BCUT2D eigenvalue weighted by atomic mass is 9.80. The SMILES string of the molecule is Cc1ccc(O)c(CNC2CCC(C)CC2C)n1. The summed E-state index contributed by atoms with van der Waals surface area (Å²) in [5.74, 6) is 1.86. The minimum absolute atomic E-state index is 0.296. The van der Waals surface area contributed by atoms with Gasteiger partial charge in [-0.3, -0.25) is 4.98 Å². The predicted octanol–water partition coefficient (Wildman–Crippen LogP) is 3.01. The van der Waals surface area contributed by atoms with Gasteiger partial charge in [-0.1, -0.05) is 13.8 Å². The molecule has 2 N–H and O–H groups in total. The Morgan fingerprint density at radius 3 is 2.83 bits per heavy atom. The molecule has 1 aromatic heterocycles. The van der Waals surface area contributed by atoms with E-state index in [1.165, 1.54) is 19.3 Å². The van der Waals surface area contributed by atoms with Gasteiger partial charge in [0.1, 0.15) is 5.75 Å². The van der Waals surface area contributed by atoms with Gasteiger partial charge in [0, 0.05) is 18.3 Å². The Kier molecular flexibility index (Phi) is 4.23. The minimum atomic E-state index is 0.296. The van der Waals surface area contributed by atoms with E-state index in [9.17, 15) is 5.11 Å². The molecule has 0 bridgehead atoms. The fourth-order valence-electron chi connectivity index (χ4n) is 2.93. The van der Waals surface area contributed by atoms with E-state index in [2.05, 4.69) is 24.1 Å². The number of hydrogen-bond donors (Lipinski definition) is 2. The minimum Gasteiger partial charge on any atom is -0.506 e. The number of pyridine rings is 1. The van der Waals surface area contributed by atoms with E-state index >= 15 is 0 Å².